The number of oxazole rings is 1. The molecule has 0 saturated carbocycles. The summed E-state index contributed by atoms with van der Waals surface area (Å²) >= 11 is 6.04. The van der Waals surface area contributed by atoms with Gasteiger partial charge >= 0.3 is 0 Å². The van der Waals surface area contributed by atoms with Gasteiger partial charge < -0.3 is 10.2 Å². The van der Waals surface area contributed by atoms with Crippen molar-refractivity contribution in [3.8, 4) is 11.5 Å². The van der Waals surface area contributed by atoms with Crippen molar-refractivity contribution in [3.63, 3.8) is 0 Å². The smallest absolute Gasteiger partial charge is 0.228 e. The van der Waals surface area contributed by atoms with E-state index in [9.17, 15) is 0 Å². The van der Waals surface area contributed by atoms with Crippen LogP contribution in [0.4, 0.5) is 5.69 Å². The van der Waals surface area contributed by atoms with Gasteiger partial charge in [-0.3, -0.25) is 0 Å². The Morgan fingerprint density at radius 1 is 1.33 bits per heavy atom. The van der Waals surface area contributed by atoms with Gasteiger partial charge in [-0.25, -0.2) is 4.98 Å². The van der Waals surface area contributed by atoms with Gasteiger partial charge in [0.25, 0.3) is 0 Å². The molecule has 0 aliphatic heterocycles. The number of aromatic nitrogens is 1. The number of rotatable bonds is 1. The molecule has 0 radical (unpaired) electrons. The molecule has 15 heavy (non-hydrogen) atoms. The largest absolute Gasteiger partial charge is 0.441 e. The number of hydrogen-bond acceptors (Lipinski definition) is 3. The molecular formula is C11H11ClN2O. The number of aryl methyl sites for hydroxylation is 2. The van der Waals surface area contributed by atoms with Crippen molar-refractivity contribution in [2.24, 2.45) is 0 Å². The van der Waals surface area contributed by atoms with E-state index in [1.54, 1.807) is 18.2 Å². The first-order chi connectivity index (χ1) is 7.08. The Labute approximate surface area is 92.9 Å². The lowest BCUT2D eigenvalue weighted by atomic mass is 10.2. The predicted molar refractivity (Wildman–Crippen MR) is 60.8 cm³/mol. The molecule has 0 amide bonds. The van der Waals surface area contributed by atoms with Crippen molar-refractivity contribution >= 4 is 17.3 Å². The maximum absolute atomic E-state index is 6.04. The molecule has 2 N–H and O–H groups in total. The highest BCUT2D eigenvalue weighted by atomic mass is 35.5. The quantitative estimate of drug-likeness (QED) is 0.754. The number of nitrogens with two attached hydrogens (primary N) is 1. The molecule has 0 spiro atoms. The summed E-state index contributed by atoms with van der Waals surface area (Å²) in [4.78, 5) is 4.28. The van der Waals surface area contributed by atoms with Gasteiger partial charge in [-0.2, -0.15) is 0 Å². The average Bonchev–Trinajstić information content (AvgIpc) is 2.51. The predicted octanol–water partition coefficient (Wildman–Crippen LogP) is 3.19. The zero-order valence-corrected chi connectivity index (χ0v) is 9.30. The summed E-state index contributed by atoms with van der Waals surface area (Å²) in [7, 11) is 0. The van der Waals surface area contributed by atoms with Crippen LogP contribution in [0.15, 0.2) is 22.6 Å². The van der Waals surface area contributed by atoms with Crippen LogP contribution in [-0.4, -0.2) is 4.98 Å². The average molecular weight is 223 g/mol. The second kappa shape index (κ2) is 3.59. The number of anilines is 1. The van der Waals surface area contributed by atoms with Crippen molar-refractivity contribution in [1.29, 1.82) is 0 Å². The molecule has 2 rings (SSSR count). The summed E-state index contributed by atoms with van der Waals surface area (Å²) in [6, 6.07) is 5.24. The molecule has 0 saturated heterocycles. The lowest BCUT2D eigenvalue weighted by Crippen LogP contribution is -1.86. The van der Waals surface area contributed by atoms with Crippen LogP contribution in [0.2, 0.25) is 5.02 Å². The van der Waals surface area contributed by atoms with Crippen molar-refractivity contribution < 1.29 is 4.42 Å². The lowest BCUT2D eigenvalue weighted by molar-refractivity contribution is 0.541. The number of halogens is 1. The number of hydrogen-bond donors (Lipinski definition) is 1. The van der Waals surface area contributed by atoms with E-state index in [0.717, 1.165) is 17.0 Å². The first kappa shape index (κ1) is 10.1. The summed E-state index contributed by atoms with van der Waals surface area (Å²) in [6.07, 6.45) is 0. The van der Waals surface area contributed by atoms with Crippen LogP contribution in [-0.2, 0) is 0 Å². The maximum atomic E-state index is 6.04. The number of nitrogens with zero attached hydrogens (tertiary/aromatic N) is 1. The second-order valence-corrected chi connectivity index (χ2v) is 3.81. The van der Waals surface area contributed by atoms with E-state index >= 15 is 0 Å². The third-order valence-electron chi connectivity index (χ3n) is 2.25. The third-order valence-corrected chi connectivity index (χ3v) is 2.58. The Morgan fingerprint density at radius 2 is 2.07 bits per heavy atom. The van der Waals surface area contributed by atoms with Crippen molar-refractivity contribution in [2.75, 3.05) is 5.73 Å². The molecule has 3 nitrogen and oxygen atoms in total. The number of nitrogen functional groups attached to an aromatic ring is 1. The van der Waals surface area contributed by atoms with Crippen molar-refractivity contribution in [1.82, 2.24) is 4.98 Å². The molecule has 1 heterocycles. The van der Waals surface area contributed by atoms with Crippen molar-refractivity contribution in [2.45, 2.75) is 13.8 Å². The van der Waals surface area contributed by atoms with Gasteiger partial charge in [0, 0.05) is 5.69 Å². The molecule has 1 aromatic carbocycles. The van der Waals surface area contributed by atoms with Gasteiger partial charge in [0.15, 0.2) is 0 Å². The van der Waals surface area contributed by atoms with E-state index in [1.165, 1.54) is 0 Å². The molecular weight excluding hydrogens is 212 g/mol. The van der Waals surface area contributed by atoms with Gasteiger partial charge in [0.05, 0.1) is 16.3 Å². The van der Waals surface area contributed by atoms with E-state index in [-0.39, 0.29) is 0 Å². The normalized spacial score (nSPS) is 10.6. The summed E-state index contributed by atoms with van der Waals surface area (Å²) in [5.41, 5.74) is 7.92. The highest BCUT2D eigenvalue weighted by Crippen LogP contribution is 2.30. The SMILES string of the molecule is Cc1nc(-c2cc(N)ccc2Cl)oc1C. The first-order valence-corrected chi connectivity index (χ1v) is 4.95. The van der Waals surface area contributed by atoms with Crippen LogP contribution in [0, 0.1) is 13.8 Å². The summed E-state index contributed by atoms with van der Waals surface area (Å²) in [5, 5.41) is 0.588. The zero-order valence-electron chi connectivity index (χ0n) is 8.54. The molecule has 0 aliphatic carbocycles. The standard InChI is InChI=1S/C11H11ClN2O/c1-6-7(2)15-11(14-6)9-5-8(13)3-4-10(9)12/h3-5H,13H2,1-2H3. The molecule has 0 unspecified atom stereocenters. The first-order valence-electron chi connectivity index (χ1n) is 4.57. The Balaban J connectivity index is 2.58. The van der Waals surface area contributed by atoms with E-state index in [2.05, 4.69) is 4.98 Å². The van der Waals surface area contributed by atoms with Crippen LogP contribution in [0.1, 0.15) is 11.5 Å². The van der Waals surface area contributed by atoms with Gasteiger partial charge in [-0.15, -0.1) is 0 Å². The highest BCUT2D eigenvalue weighted by molar-refractivity contribution is 6.33. The Morgan fingerprint density at radius 3 is 2.67 bits per heavy atom. The Bertz CT molecular complexity index is 486. The summed E-state index contributed by atoms with van der Waals surface area (Å²) in [6.45, 7) is 3.76. The van der Waals surface area contributed by atoms with Crippen LogP contribution < -0.4 is 5.73 Å². The summed E-state index contributed by atoms with van der Waals surface area (Å²) < 4.78 is 5.49. The number of benzene rings is 1. The molecule has 1 aromatic heterocycles. The monoisotopic (exact) mass is 222 g/mol. The fourth-order valence-corrected chi connectivity index (χ4v) is 1.49. The Kier molecular flexibility index (Phi) is 2.40. The topological polar surface area (TPSA) is 52.0 Å². The van der Waals surface area contributed by atoms with Crippen LogP contribution in [0.25, 0.3) is 11.5 Å². The molecule has 0 aliphatic rings. The van der Waals surface area contributed by atoms with Crippen molar-refractivity contribution in [3.05, 3.63) is 34.7 Å². The van der Waals surface area contributed by atoms with E-state index < -0.39 is 0 Å². The van der Waals surface area contributed by atoms with Crippen LogP contribution in [0.5, 0.6) is 0 Å². The molecule has 2 aromatic rings. The minimum atomic E-state index is 0.516. The van der Waals surface area contributed by atoms with E-state index in [0.29, 0.717) is 16.6 Å². The van der Waals surface area contributed by atoms with Gasteiger partial charge in [0.1, 0.15) is 5.76 Å². The zero-order chi connectivity index (χ0) is 11.0. The summed E-state index contributed by atoms with van der Waals surface area (Å²) in [5.74, 6) is 1.31. The molecule has 0 bridgehead atoms. The van der Waals surface area contributed by atoms with E-state index in [4.69, 9.17) is 21.8 Å². The third kappa shape index (κ3) is 1.83. The lowest BCUT2D eigenvalue weighted by Gasteiger charge is -2.00. The molecule has 0 fully saturated rings. The second-order valence-electron chi connectivity index (χ2n) is 3.40. The highest BCUT2D eigenvalue weighted by Gasteiger charge is 2.11. The fraction of sp³-hybridized carbons (Fsp3) is 0.182. The fourth-order valence-electron chi connectivity index (χ4n) is 1.29. The van der Waals surface area contributed by atoms with Gasteiger partial charge in [-0.05, 0) is 32.0 Å². The minimum absolute atomic E-state index is 0.516. The van der Waals surface area contributed by atoms with Crippen LogP contribution >= 0.6 is 11.6 Å². The van der Waals surface area contributed by atoms with Crippen LogP contribution in [0.3, 0.4) is 0 Å². The molecule has 0 atom stereocenters. The molecule has 78 valence electrons. The maximum Gasteiger partial charge on any atom is 0.228 e. The molecule has 4 heteroatoms. The van der Waals surface area contributed by atoms with Gasteiger partial charge in [-0.1, -0.05) is 11.6 Å². The van der Waals surface area contributed by atoms with E-state index in [1.807, 2.05) is 13.8 Å². The Hall–Kier alpha value is -1.48. The van der Waals surface area contributed by atoms with Gasteiger partial charge in [0.2, 0.25) is 5.89 Å². The minimum Gasteiger partial charge on any atom is -0.441 e.